The summed E-state index contributed by atoms with van der Waals surface area (Å²) in [6.07, 6.45) is 3.02. The number of hydrogen-bond acceptors (Lipinski definition) is 4. The van der Waals surface area contributed by atoms with Crippen molar-refractivity contribution in [3.8, 4) is 0 Å². The zero-order valence-corrected chi connectivity index (χ0v) is 13.7. The van der Waals surface area contributed by atoms with Crippen LogP contribution in [-0.2, 0) is 20.7 Å². The fourth-order valence-corrected chi connectivity index (χ4v) is 3.58. The van der Waals surface area contributed by atoms with Gasteiger partial charge < -0.3 is 19.4 Å². The van der Waals surface area contributed by atoms with Gasteiger partial charge in [-0.2, -0.15) is 0 Å². The van der Waals surface area contributed by atoms with E-state index in [1.807, 2.05) is 29.2 Å². The van der Waals surface area contributed by atoms with E-state index in [-0.39, 0.29) is 12.2 Å². The maximum atomic E-state index is 12.4. The van der Waals surface area contributed by atoms with E-state index in [0.717, 1.165) is 42.8 Å². The molecule has 0 spiro atoms. The van der Waals surface area contributed by atoms with Crippen molar-refractivity contribution in [1.82, 2.24) is 14.9 Å². The quantitative estimate of drug-likeness (QED) is 0.933. The summed E-state index contributed by atoms with van der Waals surface area (Å²) in [5, 5.41) is 0. The van der Waals surface area contributed by atoms with E-state index in [1.165, 1.54) is 0 Å². The number of piperidine rings is 1. The first kappa shape index (κ1) is 15.6. The number of fused-ring (bicyclic) bond motifs is 1. The molecule has 3 heterocycles. The Hall–Kier alpha value is -1.92. The fourth-order valence-electron chi connectivity index (χ4n) is 3.58. The Morgan fingerprint density at radius 3 is 2.71 bits per heavy atom. The van der Waals surface area contributed by atoms with Crippen LogP contribution < -0.4 is 0 Å². The third-order valence-electron chi connectivity index (χ3n) is 4.94. The number of benzene rings is 1. The van der Waals surface area contributed by atoms with Crippen molar-refractivity contribution < 1.29 is 14.3 Å². The lowest BCUT2D eigenvalue weighted by Crippen LogP contribution is -2.41. The summed E-state index contributed by atoms with van der Waals surface area (Å²) in [5.74, 6) is 1.52. The van der Waals surface area contributed by atoms with Gasteiger partial charge in [-0.3, -0.25) is 4.79 Å². The minimum Gasteiger partial charge on any atom is -0.350 e. The smallest absolute Gasteiger partial charge is 0.223 e. The van der Waals surface area contributed by atoms with Gasteiger partial charge in [0.15, 0.2) is 6.29 Å². The second-order valence-electron chi connectivity index (χ2n) is 6.53. The average Bonchev–Trinajstić information content (AvgIpc) is 3.29. The maximum Gasteiger partial charge on any atom is 0.223 e. The molecular weight excluding hydrogens is 306 g/mol. The topological polar surface area (TPSA) is 67.5 Å². The van der Waals surface area contributed by atoms with E-state index >= 15 is 0 Å². The van der Waals surface area contributed by atoms with Gasteiger partial charge in [-0.1, -0.05) is 12.1 Å². The highest BCUT2D eigenvalue weighted by atomic mass is 16.7. The largest absolute Gasteiger partial charge is 0.350 e. The molecule has 0 aliphatic carbocycles. The van der Waals surface area contributed by atoms with Gasteiger partial charge in [0.1, 0.15) is 5.82 Å². The van der Waals surface area contributed by atoms with E-state index in [9.17, 15) is 4.79 Å². The number of carbonyl (C=O) groups excluding carboxylic acids is 1. The molecule has 1 aromatic heterocycles. The molecular formula is C18H23N3O3. The molecule has 6 nitrogen and oxygen atoms in total. The Morgan fingerprint density at radius 2 is 1.96 bits per heavy atom. The van der Waals surface area contributed by atoms with E-state index < -0.39 is 0 Å². The lowest BCUT2D eigenvalue weighted by atomic mass is 9.96. The number of rotatable bonds is 4. The first-order valence-corrected chi connectivity index (χ1v) is 8.74. The van der Waals surface area contributed by atoms with Crippen LogP contribution in [-0.4, -0.2) is 53.4 Å². The number of aromatic nitrogens is 2. The van der Waals surface area contributed by atoms with Crippen molar-refractivity contribution in [2.75, 3.05) is 26.3 Å². The number of nitrogens with one attached hydrogen (secondary N) is 1. The maximum absolute atomic E-state index is 12.4. The van der Waals surface area contributed by atoms with Gasteiger partial charge >= 0.3 is 0 Å². The van der Waals surface area contributed by atoms with Crippen molar-refractivity contribution in [2.24, 2.45) is 5.92 Å². The second-order valence-corrected chi connectivity index (χ2v) is 6.53. The highest BCUT2D eigenvalue weighted by Gasteiger charge is 2.31. The van der Waals surface area contributed by atoms with Crippen molar-refractivity contribution in [2.45, 2.75) is 32.0 Å². The Balaban J connectivity index is 1.27. The number of H-pyrrole nitrogens is 1. The number of aromatic amines is 1. The highest BCUT2D eigenvalue weighted by Crippen LogP contribution is 2.26. The number of amides is 1. The monoisotopic (exact) mass is 329 g/mol. The van der Waals surface area contributed by atoms with Crippen molar-refractivity contribution in [3.05, 3.63) is 30.1 Å². The molecule has 2 aliphatic heterocycles. The Morgan fingerprint density at radius 1 is 1.21 bits per heavy atom. The predicted octanol–water partition coefficient (Wildman–Crippen LogP) is 2.11. The van der Waals surface area contributed by atoms with Crippen molar-refractivity contribution in [1.29, 1.82) is 0 Å². The Bertz CT molecular complexity index is 667. The SMILES string of the molecule is O=C(CCc1nc2ccccc2[nH]1)N1CCC(C2OCCO2)CC1. The molecule has 0 atom stereocenters. The molecule has 0 unspecified atom stereocenters. The van der Waals surface area contributed by atoms with Crippen LogP contribution in [0, 0.1) is 5.92 Å². The number of hydrogen-bond donors (Lipinski definition) is 1. The highest BCUT2D eigenvalue weighted by molar-refractivity contribution is 5.77. The Kier molecular flexibility index (Phi) is 4.49. The first-order chi connectivity index (χ1) is 11.8. The van der Waals surface area contributed by atoms with Crippen molar-refractivity contribution in [3.63, 3.8) is 0 Å². The average molecular weight is 329 g/mol. The van der Waals surface area contributed by atoms with E-state index in [4.69, 9.17) is 9.47 Å². The van der Waals surface area contributed by atoms with Crippen LogP contribution in [0.15, 0.2) is 24.3 Å². The summed E-state index contributed by atoms with van der Waals surface area (Å²) >= 11 is 0. The number of carbonyl (C=O) groups is 1. The van der Waals surface area contributed by atoms with Gasteiger partial charge in [-0.25, -0.2) is 4.98 Å². The molecule has 128 valence electrons. The van der Waals surface area contributed by atoms with E-state index in [1.54, 1.807) is 0 Å². The molecule has 6 heteroatoms. The molecule has 2 aromatic rings. The van der Waals surface area contributed by atoms with Crippen LogP contribution in [0.1, 0.15) is 25.1 Å². The molecule has 1 N–H and O–H groups in total. The first-order valence-electron chi connectivity index (χ1n) is 8.74. The van der Waals surface area contributed by atoms with Crippen molar-refractivity contribution >= 4 is 16.9 Å². The summed E-state index contributed by atoms with van der Waals surface area (Å²) in [6, 6.07) is 7.94. The van der Waals surface area contributed by atoms with Gasteiger partial charge in [0.25, 0.3) is 0 Å². The molecule has 2 saturated heterocycles. The minimum atomic E-state index is -0.0576. The number of ether oxygens (including phenoxy) is 2. The number of para-hydroxylation sites is 2. The van der Waals surface area contributed by atoms with Gasteiger partial charge in [0.2, 0.25) is 5.91 Å². The van der Waals surface area contributed by atoms with Crippen LogP contribution >= 0.6 is 0 Å². The summed E-state index contributed by atoms with van der Waals surface area (Å²) in [4.78, 5) is 22.2. The number of nitrogens with zero attached hydrogens (tertiary/aromatic N) is 2. The molecule has 0 radical (unpaired) electrons. The second kappa shape index (κ2) is 6.91. The normalized spacial score (nSPS) is 20.1. The molecule has 24 heavy (non-hydrogen) atoms. The van der Waals surface area contributed by atoms with Crippen LogP contribution in [0.2, 0.25) is 0 Å². The molecule has 4 rings (SSSR count). The lowest BCUT2D eigenvalue weighted by Gasteiger charge is -2.33. The zero-order valence-electron chi connectivity index (χ0n) is 13.7. The number of imidazole rings is 1. The van der Waals surface area contributed by atoms with Crippen LogP contribution in [0.3, 0.4) is 0 Å². The summed E-state index contributed by atoms with van der Waals surface area (Å²) in [6.45, 7) is 2.99. The molecule has 0 saturated carbocycles. The Labute approximate surface area is 141 Å². The summed E-state index contributed by atoms with van der Waals surface area (Å²) in [7, 11) is 0. The van der Waals surface area contributed by atoms with Gasteiger partial charge in [-0.15, -0.1) is 0 Å². The van der Waals surface area contributed by atoms with Gasteiger partial charge in [-0.05, 0) is 25.0 Å². The number of likely N-dealkylation sites (tertiary alicyclic amines) is 1. The van der Waals surface area contributed by atoms with Gasteiger partial charge in [0.05, 0.1) is 24.2 Å². The van der Waals surface area contributed by atoms with Crippen LogP contribution in [0.4, 0.5) is 0 Å². The van der Waals surface area contributed by atoms with E-state index in [2.05, 4.69) is 9.97 Å². The lowest BCUT2D eigenvalue weighted by molar-refractivity contribution is -0.136. The van der Waals surface area contributed by atoms with Gasteiger partial charge in [0, 0.05) is 31.8 Å². The zero-order chi connectivity index (χ0) is 16.4. The fraction of sp³-hybridized carbons (Fsp3) is 0.556. The third-order valence-corrected chi connectivity index (χ3v) is 4.94. The predicted molar refractivity (Wildman–Crippen MR) is 89.4 cm³/mol. The summed E-state index contributed by atoms with van der Waals surface area (Å²) in [5.41, 5.74) is 1.98. The minimum absolute atomic E-state index is 0.0576. The molecule has 2 aliphatic rings. The molecule has 1 amide bonds. The van der Waals surface area contributed by atoms with Crippen LogP contribution in [0.25, 0.3) is 11.0 Å². The molecule has 2 fully saturated rings. The molecule has 0 bridgehead atoms. The third kappa shape index (κ3) is 3.30. The molecule has 1 aromatic carbocycles. The summed E-state index contributed by atoms with van der Waals surface area (Å²) < 4.78 is 11.2. The van der Waals surface area contributed by atoms with E-state index in [0.29, 0.717) is 32.0 Å². The number of aryl methyl sites for hydroxylation is 1. The standard InChI is InChI=1S/C18H23N3O3/c22-17(6-5-16-19-14-3-1-2-4-15(14)20-16)21-9-7-13(8-10-21)18-23-11-12-24-18/h1-4,13,18H,5-12H2,(H,19,20). The van der Waals surface area contributed by atoms with Crippen LogP contribution in [0.5, 0.6) is 0 Å².